The van der Waals surface area contributed by atoms with Crippen molar-refractivity contribution in [2.75, 3.05) is 7.05 Å². The number of rotatable bonds is 5. The van der Waals surface area contributed by atoms with Crippen LogP contribution in [0.4, 0.5) is 4.39 Å². The highest BCUT2D eigenvalue weighted by Crippen LogP contribution is 2.20. The quantitative estimate of drug-likeness (QED) is 0.890. The molecule has 1 aromatic heterocycles. The number of likely N-dealkylation sites (N-methyl/N-ethyl adjacent to an activating group) is 1. The molecule has 1 atom stereocenters. The van der Waals surface area contributed by atoms with E-state index in [-0.39, 0.29) is 11.9 Å². The van der Waals surface area contributed by atoms with Gasteiger partial charge < -0.3 is 5.32 Å². The average molecular weight is 258 g/mol. The molecule has 0 spiro atoms. The molecule has 1 N–H and O–H groups in total. The average Bonchev–Trinajstić information content (AvgIpc) is 2.46. The second-order valence-electron chi connectivity index (χ2n) is 4.57. The van der Waals surface area contributed by atoms with Gasteiger partial charge in [-0.3, -0.25) is 4.98 Å². The minimum absolute atomic E-state index is 0.154. The SMILES string of the molecule is CCc1cccnc1C(Cc1ccc(F)cc1)NC. The lowest BCUT2D eigenvalue weighted by atomic mass is 9.98. The molecule has 0 aliphatic carbocycles. The fraction of sp³-hybridized carbons (Fsp3) is 0.312. The van der Waals surface area contributed by atoms with Gasteiger partial charge in [-0.2, -0.15) is 0 Å². The highest BCUT2D eigenvalue weighted by molar-refractivity contribution is 5.26. The van der Waals surface area contributed by atoms with Crippen molar-refractivity contribution in [1.29, 1.82) is 0 Å². The summed E-state index contributed by atoms with van der Waals surface area (Å²) in [5, 5.41) is 3.30. The van der Waals surface area contributed by atoms with E-state index in [2.05, 4.69) is 23.3 Å². The number of hydrogen-bond acceptors (Lipinski definition) is 2. The fourth-order valence-corrected chi connectivity index (χ4v) is 2.26. The molecular weight excluding hydrogens is 239 g/mol. The standard InChI is InChI=1S/C16H19FN2/c1-3-13-5-4-10-19-16(13)15(18-2)11-12-6-8-14(17)9-7-12/h4-10,15,18H,3,11H2,1-2H3. The molecule has 3 heteroatoms. The molecule has 0 aliphatic rings. The molecule has 0 fully saturated rings. The monoisotopic (exact) mass is 258 g/mol. The Morgan fingerprint density at radius 3 is 2.58 bits per heavy atom. The number of aryl methyl sites for hydroxylation is 1. The van der Waals surface area contributed by atoms with E-state index in [0.29, 0.717) is 0 Å². The number of pyridine rings is 1. The molecule has 0 amide bonds. The van der Waals surface area contributed by atoms with E-state index in [9.17, 15) is 4.39 Å². The smallest absolute Gasteiger partial charge is 0.123 e. The van der Waals surface area contributed by atoms with Crippen LogP contribution in [0.3, 0.4) is 0 Å². The molecule has 0 saturated carbocycles. The largest absolute Gasteiger partial charge is 0.311 e. The first-order valence-corrected chi connectivity index (χ1v) is 6.60. The Balaban J connectivity index is 2.22. The summed E-state index contributed by atoms with van der Waals surface area (Å²) in [6.07, 6.45) is 3.59. The highest BCUT2D eigenvalue weighted by atomic mass is 19.1. The minimum Gasteiger partial charge on any atom is -0.311 e. The molecule has 2 rings (SSSR count). The van der Waals surface area contributed by atoms with Gasteiger partial charge in [0.2, 0.25) is 0 Å². The van der Waals surface area contributed by atoms with Crippen molar-refractivity contribution in [3.05, 3.63) is 65.2 Å². The van der Waals surface area contributed by atoms with Crippen LogP contribution >= 0.6 is 0 Å². The Bertz CT molecular complexity index is 523. The predicted molar refractivity (Wildman–Crippen MR) is 75.5 cm³/mol. The van der Waals surface area contributed by atoms with Crippen LogP contribution in [-0.4, -0.2) is 12.0 Å². The van der Waals surface area contributed by atoms with E-state index >= 15 is 0 Å². The van der Waals surface area contributed by atoms with E-state index in [0.717, 1.165) is 24.1 Å². The summed E-state index contributed by atoms with van der Waals surface area (Å²) in [7, 11) is 1.93. The molecular formula is C16H19FN2. The van der Waals surface area contributed by atoms with Gasteiger partial charge in [0.05, 0.1) is 11.7 Å². The summed E-state index contributed by atoms with van der Waals surface area (Å²) in [5.74, 6) is -0.197. The van der Waals surface area contributed by atoms with Crippen molar-refractivity contribution in [3.63, 3.8) is 0 Å². The summed E-state index contributed by atoms with van der Waals surface area (Å²) >= 11 is 0. The molecule has 2 aromatic rings. The number of aromatic nitrogens is 1. The van der Waals surface area contributed by atoms with Gasteiger partial charge in [-0.25, -0.2) is 4.39 Å². The summed E-state index contributed by atoms with van der Waals surface area (Å²) in [4.78, 5) is 4.50. The van der Waals surface area contributed by atoms with Crippen LogP contribution in [0, 0.1) is 5.82 Å². The van der Waals surface area contributed by atoms with Crippen molar-refractivity contribution >= 4 is 0 Å². The van der Waals surface area contributed by atoms with Gasteiger partial charge in [0.25, 0.3) is 0 Å². The van der Waals surface area contributed by atoms with Crippen molar-refractivity contribution < 1.29 is 4.39 Å². The zero-order valence-electron chi connectivity index (χ0n) is 11.4. The molecule has 2 nitrogen and oxygen atoms in total. The summed E-state index contributed by atoms with van der Waals surface area (Å²) in [6.45, 7) is 2.13. The van der Waals surface area contributed by atoms with Crippen molar-refractivity contribution in [2.24, 2.45) is 0 Å². The molecule has 0 bridgehead atoms. The van der Waals surface area contributed by atoms with Crippen molar-refractivity contribution in [1.82, 2.24) is 10.3 Å². The molecule has 19 heavy (non-hydrogen) atoms. The molecule has 1 heterocycles. The van der Waals surface area contributed by atoms with Gasteiger partial charge in [-0.1, -0.05) is 25.1 Å². The lowest BCUT2D eigenvalue weighted by molar-refractivity contribution is 0.568. The van der Waals surface area contributed by atoms with E-state index in [4.69, 9.17) is 0 Å². The molecule has 100 valence electrons. The number of nitrogens with one attached hydrogen (secondary N) is 1. The van der Waals surface area contributed by atoms with Crippen LogP contribution in [0.25, 0.3) is 0 Å². The molecule has 0 radical (unpaired) electrons. The maximum absolute atomic E-state index is 12.9. The third-order valence-corrected chi connectivity index (χ3v) is 3.34. The second-order valence-corrected chi connectivity index (χ2v) is 4.57. The van der Waals surface area contributed by atoms with Crippen molar-refractivity contribution in [2.45, 2.75) is 25.8 Å². The Morgan fingerprint density at radius 2 is 1.95 bits per heavy atom. The Morgan fingerprint density at radius 1 is 1.21 bits per heavy atom. The van der Waals surface area contributed by atoms with E-state index in [1.807, 2.05) is 31.4 Å². The van der Waals surface area contributed by atoms with Crippen LogP contribution in [0.1, 0.15) is 29.8 Å². The summed E-state index contributed by atoms with van der Waals surface area (Å²) in [5.41, 5.74) is 3.44. The first-order chi connectivity index (χ1) is 9.24. The van der Waals surface area contributed by atoms with Crippen LogP contribution in [-0.2, 0) is 12.8 Å². The zero-order chi connectivity index (χ0) is 13.7. The molecule has 1 unspecified atom stereocenters. The van der Waals surface area contributed by atoms with Crippen LogP contribution in [0.5, 0.6) is 0 Å². The maximum atomic E-state index is 12.9. The maximum Gasteiger partial charge on any atom is 0.123 e. The number of hydrogen-bond donors (Lipinski definition) is 1. The Hall–Kier alpha value is -1.74. The third-order valence-electron chi connectivity index (χ3n) is 3.34. The normalized spacial score (nSPS) is 12.4. The van der Waals surface area contributed by atoms with Gasteiger partial charge in [0.15, 0.2) is 0 Å². The van der Waals surface area contributed by atoms with E-state index in [1.165, 1.54) is 17.7 Å². The topological polar surface area (TPSA) is 24.9 Å². The predicted octanol–water partition coefficient (Wildman–Crippen LogP) is 3.29. The second kappa shape index (κ2) is 6.43. The highest BCUT2D eigenvalue weighted by Gasteiger charge is 2.14. The van der Waals surface area contributed by atoms with E-state index < -0.39 is 0 Å². The summed E-state index contributed by atoms with van der Waals surface area (Å²) in [6, 6.07) is 10.9. The van der Waals surface area contributed by atoms with Crippen molar-refractivity contribution in [3.8, 4) is 0 Å². The first kappa shape index (κ1) is 13.7. The zero-order valence-corrected chi connectivity index (χ0v) is 11.4. The third kappa shape index (κ3) is 3.38. The Kier molecular flexibility index (Phi) is 4.63. The molecule has 0 saturated heterocycles. The van der Waals surface area contributed by atoms with Crippen LogP contribution in [0.15, 0.2) is 42.6 Å². The molecule has 0 aliphatic heterocycles. The lowest BCUT2D eigenvalue weighted by Crippen LogP contribution is -2.21. The molecule has 1 aromatic carbocycles. The van der Waals surface area contributed by atoms with Crippen LogP contribution in [0.2, 0.25) is 0 Å². The summed E-state index contributed by atoms with van der Waals surface area (Å²) < 4.78 is 12.9. The number of benzene rings is 1. The van der Waals surface area contributed by atoms with E-state index in [1.54, 1.807) is 0 Å². The number of nitrogens with zero attached hydrogens (tertiary/aromatic N) is 1. The fourth-order valence-electron chi connectivity index (χ4n) is 2.26. The van der Waals surface area contributed by atoms with Gasteiger partial charge in [-0.15, -0.1) is 0 Å². The van der Waals surface area contributed by atoms with Gasteiger partial charge in [-0.05, 0) is 49.2 Å². The lowest BCUT2D eigenvalue weighted by Gasteiger charge is -2.18. The number of halogens is 1. The van der Waals surface area contributed by atoms with Gasteiger partial charge in [0.1, 0.15) is 5.82 Å². The Labute approximate surface area is 113 Å². The van der Waals surface area contributed by atoms with Crippen LogP contribution < -0.4 is 5.32 Å². The van der Waals surface area contributed by atoms with Gasteiger partial charge >= 0.3 is 0 Å². The van der Waals surface area contributed by atoms with Gasteiger partial charge in [0, 0.05) is 6.20 Å². The minimum atomic E-state index is -0.197. The first-order valence-electron chi connectivity index (χ1n) is 6.60.